The maximum absolute atomic E-state index is 12.3. The molecule has 1 aromatic carbocycles. The molecular weight excluding hydrogens is 249 g/mol. The third-order valence-electron chi connectivity index (χ3n) is 1.75. The largest absolute Gasteiger partial charge is 0.573 e. The zero-order valence-electron chi connectivity index (χ0n) is 8.09. The van der Waals surface area contributed by atoms with Gasteiger partial charge < -0.3 is 10.5 Å². The summed E-state index contributed by atoms with van der Waals surface area (Å²) >= 11 is 0. The van der Waals surface area contributed by atoms with E-state index in [9.17, 15) is 26.7 Å². The molecule has 1 aromatic rings. The van der Waals surface area contributed by atoms with Crippen molar-refractivity contribution in [3.05, 3.63) is 29.3 Å². The molecule has 0 saturated heterocycles. The summed E-state index contributed by atoms with van der Waals surface area (Å²) in [4.78, 5) is 10.8. The Morgan fingerprint density at radius 2 is 1.88 bits per heavy atom. The molecule has 2 N–H and O–H groups in total. The molecule has 0 fully saturated rings. The Hall–Kier alpha value is -1.86. The van der Waals surface area contributed by atoms with Gasteiger partial charge in [0.1, 0.15) is 5.75 Å². The zero-order chi connectivity index (χ0) is 13.2. The van der Waals surface area contributed by atoms with E-state index in [1.807, 2.05) is 0 Å². The molecule has 0 atom stereocenters. The van der Waals surface area contributed by atoms with Crippen LogP contribution in [0, 0.1) is 0 Å². The molecule has 0 saturated carbocycles. The van der Waals surface area contributed by atoms with Gasteiger partial charge in [-0.15, -0.1) is 13.2 Å². The number of benzene rings is 1. The second kappa shape index (κ2) is 4.56. The fourth-order valence-electron chi connectivity index (χ4n) is 1.09. The lowest BCUT2D eigenvalue weighted by Crippen LogP contribution is -2.21. The Bertz CT molecular complexity index is 430. The summed E-state index contributed by atoms with van der Waals surface area (Å²) in [5.74, 6) is -2.24. The van der Waals surface area contributed by atoms with Crippen molar-refractivity contribution >= 4 is 5.91 Å². The molecule has 8 heteroatoms. The molecule has 0 aliphatic rings. The number of ether oxygens (including phenoxy) is 1. The van der Waals surface area contributed by atoms with Gasteiger partial charge in [0.15, 0.2) is 0 Å². The fourth-order valence-corrected chi connectivity index (χ4v) is 1.09. The molecule has 0 spiro atoms. The topological polar surface area (TPSA) is 52.3 Å². The molecular formula is C9H6F5NO2. The lowest BCUT2D eigenvalue weighted by Gasteiger charge is -2.12. The van der Waals surface area contributed by atoms with E-state index in [1.54, 1.807) is 0 Å². The number of carbonyl (C=O) groups is 1. The Labute approximate surface area is 92.0 Å². The van der Waals surface area contributed by atoms with Crippen LogP contribution in [0.4, 0.5) is 22.0 Å². The van der Waals surface area contributed by atoms with Crippen LogP contribution in [0.5, 0.6) is 5.75 Å². The van der Waals surface area contributed by atoms with E-state index in [2.05, 4.69) is 4.74 Å². The minimum Gasteiger partial charge on any atom is -0.405 e. The molecule has 0 bridgehead atoms. The molecule has 0 aromatic heterocycles. The first kappa shape index (κ1) is 13.2. The number of halogens is 5. The van der Waals surface area contributed by atoms with Crippen LogP contribution in [0.2, 0.25) is 0 Å². The number of alkyl halides is 5. The van der Waals surface area contributed by atoms with Crippen molar-refractivity contribution in [2.24, 2.45) is 5.73 Å². The molecule has 94 valence electrons. The van der Waals surface area contributed by atoms with Crippen molar-refractivity contribution in [2.45, 2.75) is 12.8 Å². The second-order valence-corrected chi connectivity index (χ2v) is 2.97. The highest BCUT2D eigenvalue weighted by Crippen LogP contribution is 2.30. The number of carbonyl (C=O) groups excluding carboxylic acids is 1. The number of hydrogen-bond donors (Lipinski definition) is 1. The maximum atomic E-state index is 12.3. The fraction of sp³-hybridized carbons (Fsp3) is 0.222. The summed E-state index contributed by atoms with van der Waals surface area (Å²) in [6.45, 7) is 0. The standard InChI is InChI=1S/C9H6F5NO2/c10-7(11)4-1-2-5(8(15)16)6(3-4)17-9(12,13)14/h1-3,7H,(H2,15,16). The van der Waals surface area contributed by atoms with E-state index >= 15 is 0 Å². The molecule has 1 amide bonds. The number of rotatable bonds is 3. The van der Waals surface area contributed by atoms with Gasteiger partial charge in [0, 0.05) is 5.56 Å². The minimum atomic E-state index is -5.09. The predicted molar refractivity (Wildman–Crippen MR) is 46.6 cm³/mol. The molecule has 0 radical (unpaired) electrons. The third-order valence-corrected chi connectivity index (χ3v) is 1.75. The maximum Gasteiger partial charge on any atom is 0.573 e. The summed E-state index contributed by atoms with van der Waals surface area (Å²) < 4.78 is 63.8. The van der Waals surface area contributed by atoms with Crippen LogP contribution in [0.3, 0.4) is 0 Å². The van der Waals surface area contributed by atoms with Gasteiger partial charge in [-0.3, -0.25) is 4.79 Å². The summed E-state index contributed by atoms with van der Waals surface area (Å²) in [6.07, 6.45) is -8.07. The SMILES string of the molecule is NC(=O)c1ccc(C(F)F)cc1OC(F)(F)F. The second-order valence-electron chi connectivity index (χ2n) is 2.97. The van der Waals surface area contributed by atoms with Crippen LogP contribution < -0.4 is 10.5 Å². The predicted octanol–water partition coefficient (Wildman–Crippen LogP) is 2.62. The van der Waals surface area contributed by atoms with E-state index in [4.69, 9.17) is 5.73 Å². The normalized spacial score (nSPS) is 11.6. The van der Waals surface area contributed by atoms with E-state index < -0.39 is 35.6 Å². The average Bonchev–Trinajstić information content (AvgIpc) is 2.14. The first-order chi connectivity index (χ1) is 7.70. The smallest absolute Gasteiger partial charge is 0.405 e. The number of nitrogens with two attached hydrogens (primary N) is 1. The summed E-state index contributed by atoms with van der Waals surface area (Å²) in [5.41, 5.74) is 3.47. The van der Waals surface area contributed by atoms with E-state index in [-0.39, 0.29) is 0 Å². The van der Waals surface area contributed by atoms with E-state index in [1.165, 1.54) is 0 Å². The van der Waals surface area contributed by atoms with Crippen LogP contribution in [-0.4, -0.2) is 12.3 Å². The van der Waals surface area contributed by atoms with Gasteiger partial charge in [0.25, 0.3) is 12.3 Å². The molecule has 17 heavy (non-hydrogen) atoms. The van der Waals surface area contributed by atoms with Crippen LogP contribution >= 0.6 is 0 Å². The Balaban J connectivity index is 3.21. The molecule has 0 heterocycles. The van der Waals surface area contributed by atoms with Crippen molar-refractivity contribution in [1.82, 2.24) is 0 Å². The van der Waals surface area contributed by atoms with Gasteiger partial charge in [-0.1, -0.05) is 6.07 Å². The zero-order valence-corrected chi connectivity index (χ0v) is 8.09. The van der Waals surface area contributed by atoms with Crippen molar-refractivity contribution in [3.63, 3.8) is 0 Å². The van der Waals surface area contributed by atoms with Gasteiger partial charge in [-0.2, -0.15) is 0 Å². The first-order valence-electron chi connectivity index (χ1n) is 4.18. The van der Waals surface area contributed by atoms with E-state index in [0.717, 1.165) is 12.1 Å². The molecule has 3 nitrogen and oxygen atoms in total. The lowest BCUT2D eigenvalue weighted by molar-refractivity contribution is -0.274. The quantitative estimate of drug-likeness (QED) is 0.844. The van der Waals surface area contributed by atoms with Gasteiger partial charge in [0.05, 0.1) is 5.56 Å². The first-order valence-corrected chi connectivity index (χ1v) is 4.18. The number of amides is 1. The monoisotopic (exact) mass is 255 g/mol. The van der Waals surface area contributed by atoms with E-state index in [0.29, 0.717) is 6.07 Å². The van der Waals surface area contributed by atoms with Crippen LogP contribution in [0.25, 0.3) is 0 Å². The van der Waals surface area contributed by atoms with Gasteiger partial charge >= 0.3 is 6.36 Å². The van der Waals surface area contributed by atoms with Crippen molar-refractivity contribution in [2.75, 3.05) is 0 Å². The van der Waals surface area contributed by atoms with Crippen molar-refractivity contribution in [1.29, 1.82) is 0 Å². The Morgan fingerprint density at radius 3 is 2.29 bits per heavy atom. The Kier molecular flexibility index (Phi) is 3.54. The van der Waals surface area contributed by atoms with Gasteiger partial charge in [-0.05, 0) is 12.1 Å². The average molecular weight is 255 g/mol. The van der Waals surface area contributed by atoms with Crippen LogP contribution in [0.1, 0.15) is 22.3 Å². The summed E-state index contributed by atoms with van der Waals surface area (Å²) in [6, 6.07) is 1.98. The summed E-state index contributed by atoms with van der Waals surface area (Å²) in [7, 11) is 0. The Morgan fingerprint density at radius 1 is 1.29 bits per heavy atom. The highest BCUT2D eigenvalue weighted by Gasteiger charge is 2.33. The van der Waals surface area contributed by atoms with Crippen molar-refractivity contribution < 1.29 is 31.5 Å². The molecule has 1 rings (SSSR count). The third kappa shape index (κ3) is 3.58. The van der Waals surface area contributed by atoms with Gasteiger partial charge in [0.2, 0.25) is 0 Å². The van der Waals surface area contributed by atoms with Crippen LogP contribution in [0.15, 0.2) is 18.2 Å². The van der Waals surface area contributed by atoms with Crippen molar-refractivity contribution in [3.8, 4) is 5.75 Å². The lowest BCUT2D eigenvalue weighted by atomic mass is 10.1. The number of primary amides is 1. The summed E-state index contributed by atoms with van der Waals surface area (Å²) in [5, 5.41) is 0. The highest BCUT2D eigenvalue weighted by atomic mass is 19.4. The molecule has 0 unspecified atom stereocenters. The number of hydrogen-bond acceptors (Lipinski definition) is 2. The van der Waals surface area contributed by atoms with Crippen LogP contribution in [-0.2, 0) is 0 Å². The van der Waals surface area contributed by atoms with Gasteiger partial charge in [-0.25, -0.2) is 8.78 Å². The highest BCUT2D eigenvalue weighted by molar-refractivity contribution is 5.95. The molecule has 0 aliphatic heterocycles. The minimum absolute atomic E-state index is 0.429. The molecule has 0 aliphatic carbocycles.